The number of rotatable bonds is 2. The number of carboxylic acids is 1. The predicted molar refractivity (Wildman–Crippen MR) is 62.7 cm³/mol. The number of alkyl carbamates (subject to hydrolysis) is 1. The molecule has 0 aliphatic heterocycles. The van der Waals surface area contributed by atoms with Crippen LogP contribution in [0, 0.1) is 11.8 Å². The van der Waals surface area contributed by atoms with Crippen LogP contribution in [0.2, 0.25) is 0 Å². The van der Waals surface area contributed by atoms with Crippen LogP contribution in [0.5, 0.6) is 0 Å². The van der Waals surface area contributed by atoms with Gasteiger partial charge in [-0.05, 0) is 39.5 Å². The molecule has 1 aliphatic carbocycles. The molecule has 1 amide bonds. The molecule has 0 aromatic rings. The number of ether oxygens (including phenoxy) is 1. The quantitative estimate of drug-likeness (QED) is 0.778. The number of hydrogen-bond donors (Lipinski definition) is 2. The molecule has 3 atom stereocenters. The van der Waals surface area contributed by atoms with Gasteiger partial charge < -0.3 is 15.2 Å². The smallest absolute Gasteiger partial charge is 0.407 e. The summed E-state index contributed by atoms with van der Waals surface area (Å²) in [4.78, 5) is 22.4. The number of carboxylic acid groups (broad SMARTS) is 1. The SMILES string of the molecule is CC1CC(C(=O)O)CC1NC(=O)OC(C)(C)C. The molecule has 17 heavy (non-hydrogen) atoms. The zero-order valence-electron chi connectivity index (χ0n) is 10.8. The Hall–Kier alpha value is -1.26. The van der Waals surface area contributed by atoms with Gasteiger partial charge in [0.05, 0.1) is 5.92 Å². The lowest BCUT2D eigenvalue weighted by molar-refractivity contribution is -0.141. The number of aliphatic carboxylic acids is 1. The Labute approximate surface area is 102 Å². The van der Waals surface area contributed by atoms with E-state index >= 15 is 0 Å². The monoisotopic (exact) mass is 243 g/mol. The fourth-order valence-corrected chi connectivity index (χ4v) is 2.11. The maximum atomic E-state index is 11.6. The number of carbonyl (C=O) groups is 2. The van der Waals surface area contributed by atoms with Gasteiger partial charge in [0.1, 0.15) is 5.60 Å². The third kappa shape index (κ3) is 4.24. The van der Waals surface area contributed by atoms with E-state index in [1.807, 2.05) is 6.92 Å². The van der Waals surface area contributed by atoms with Crippen molar-refractivity contribution in [3.8, 4) is 0 Å². The van der Waals surface area contributed by atoms with E-state index in [2.05, 4.69) is 5.32 Å². The number of nitrogens with one attached hydrogen (secondary N) is 1. The lowest BCUT2D eigenvalue weighted by Crippen LogP contribution is -2.40. The first-order chi connectivity index (χ1) is 7.69. The zero-order chi connectivity index (χ0) is 13.2. The van der Waals surface area contributed by atoms with Gasteiger partial charge in [-0.1, -0.05) is 6.92 Å². The lowest BCUT2D eigenvalue weighted by atomic mass is 10.1. The van der Waals surface area contributed by atoms with E-state index in [1.54, 1.807) is 20.8 Å². The van der Waals surface area contributed by atoms with Crippen LogP contribution in [0.4, 0.5) is 4.79 Å². The Morgan fingerprint density at radius 1 is 1.29 bits per heavy atom. The first-order valence-corrected chi connectivity index (χ1v) is 5.91. The minimum Gasteiger partial charge on any atom is -0.481 e. The van der Waals surface area contributed by atoms with Crippen LogP contribution >= 0.6 is 0 Å². The van der Waals surface area contributed by atoms with Crippen LogP contribution in [0.3, 0.4) is 0 Å². The third-order valence-corrected chi connectivity index (χ3v) is 2.93. The topological polar surface area (TPSA) is 75.6 Å². The van der Waals surface area contributed by atoms with Gasteiger partial charge in [-0.2, -0.15) is 0 Å². The fourth-order valence-electron chi connectivity index (χ4n) is 2.11. The van der Waals surface area contributed by atoms with Crippen molar-refractivity contribution < 1.29 is 19.4 Å². The summed E-state index contributed by atoms with van der Waals surface area (Å²) in [6, 6.07) is -0.106. The van der Waals surface area contributed by atoms with Crippen LogP contribution in [0.1, 0.15) is 40.5 Å². The maximum Gasteiger partial charge on any atom is 0.407 e. The molecule has 5 heteroatoms. The summed E-state index contributed by atoms with van der Waals surface area (Å²) < 4.78 is 5.15. The molecule has 0 aromatic heterocycles. The van der Waals surface area contributed by atoms with Crippen molar-refractivity contribution in [2.75, 3.05) is 0 Å². The molecule has 98 valence electrons. The average molecular weight is 243 g/mol. The van der Waals surface area contributed by atoms with Gasteiger partial charge >= 0.3 is 12.1 Å². The predicted octanol–water partition coefficient (Wildman–Crippen LogP) is 2.01. The van der Waals surface area contributed by atoms with Crippen LogP contribution in [0.15, 0.2) is 0 Å². The minimum absolute atomic E-state index is 0.106. The van der Waals surface area contributed by atoms with E-state index in [4.69, 9.17) is 9.84 Å². The molecule has 0 heterocycles. The van der Waals surface area contributed by atoms with Crippen LogP contribution in [-0.4, -0.2) is 28.8 Å². The zero-order valence-corrected chi connectivity index (χ0v) is 10.8. The molecule has 0 spiro atoms. The highest BCUT2D eigenvalue weighted by Gasteiger charge is 2.36. The molecule has 1 fully saturated rings. The van der Waals surface area contributed by atoms with Gasteiger partial charge in [0.2, 0.25) is 0 Å². The second-order valence-electron chi connectivity index (χ2n) is 5.74. The lowest BCUT2D eigenvalue weighted by Gasteiger charge is -2.23. The number of hydrogen-bond acceptors (Lipinski definition) is 3. The molecule has 0 aromatic carbocycles. The standard InChI is InChI=1S/C12H21NO4/c1-7-5-8(10(14)15)6-9(7)13-11(16)17-12(2,3)4/h7-9H,5-6H2,1-4H3,(H,13,16)(H,14,15). The highest BCUT2D eigenvalue weighted by molar-refractivity contribution is 5.71. The Morgan fingerprint density at radius 2 is 1.88 bits per heavy atom. The Balaban J connectivity index is 2.47. The van der Waals surface area contributed by atoms with E-state index < -0.39 is 17.7 Å². The van der Waals surface area contributed by atoms with Gasteiger partial charge in [0.15, 0.2) is 0 Å². The molecule has 2 N–H and O–H groups in total. The second-order valence-corrected chi connectivity index (χ2v) is 5.74. The van der Waals surface area contributed by atoms with Gasteiger partial charge in [-0.25, -0.2) is 4.79 Å². The normalized spacial score (nSPS) is 28.8. The molecule has 1 rings (SSSR count). The van der Waals surface area contributed by atoms with E-state index in [0.717, 1.165) is 0 Å². The third-order valence-electron chi connectivity index (χ3n) is 2.93. The molecule has 0 saturated heterocycles. The summed E-state index contributed by atoms with van der Waals surface area (Å²) in [5.41, 5.74) is -0.530. The van der Waals surface area contributed by atoms with Gasteiger partial charge in [-0.3, -0.25) is 4.79 Å². The maximum absolute atomic E-state index is 11.6. The molecular weight excluding hydrogens is 222 g/mol. The Morgan fingerprint density at radius 3 is 2.29 bits per heavy atom. The van der Waals surface area contributed by atoms with Gasteiger partial charge in [0.25, 0.3) is 0 Å². The summed E-state index contributed by atoms with van der Waals surface area (Å²) >= 11 is 0. The minimum atomic E-state index is -0.787. The first-order valence-electron chi connectivity index (χ1n) is 5.91. The van der Waals surface area contributed by atoms with Crippen molar-refractivity contribution in [2.45, 2.75) is 52.2 Å². The van der Waals surface area contributed by atoms with Crippen molar-refractivity contribution >= 4 is 12.1 Å². The second kappa shape index (κ2) is 4.94. The molecule has 1 saturated carbocycles. The van der Waals surface area contributed by atoms with Gasteiger partial charge in [0, 0.05) is 6.04 Å². The molecule has 5 nitrogen and oxygen atoms in total. The van der Waals surface area contributed by atoms with Crippen LogP contribution in [0.25, 0.3) is 0 Å². The van der Waals surface area contributed by atoms with Crippen LogP contribution < -0.4 is 5.32 Å². The summed E-state index contributed by atoms with van der Waals surface area (Å²) in [6.45, 7) is 7.34. The summed E-state index contributed by atoms with van der Waals surface area (Å²) in [6.07, 6.45) is 0.617. The Bertz CT molecular complexity index is 308. The molecular formula is C12H21NO4. The van der Waals surface area contributed by atoms with Gasteiger partial charge in [-0.15, -0.1) is 0 Å². The van der Waals surface area contributed by atoms with Crippen molar-refractivity contribution in [3.63, 3.8) is 0 Å². The fraction of sp³-hybridized carbons (Fsp3) is 0.833. The summed E-state index contributed by atoms with van der Waals surface area (Å²) in [5.74, 6) is -0.973. The average Bonchev–Trinajstić information content (AvgIpc) is 2.44. The van der Waals surface area contributed by atoms with E-state index in [1.165, 1.54) is 0 Å². The van der Waals surface area contributed by atoms with Crippen molar-refractivity contribution in [2.24, 2.45) is 11.8 Å². The first kappa shape index (κ1) is 13.8. The Kier molecular flexibility index (Phi) is 4.01. The van der Waals surface area contributed by atoms with Crippen molar-refractivity contribution in [1.82, 2.24) is 5.32 Å². The van der Waals surface area contributed by atoms with E-state index in [9.17, 15) is 9.59 Å². The van der Waals surface area contributed by atoms with E-state index in [-0.39, 0.29) is 17.9 Å². The molecule has 3 unspecified atom stereocenters. The van der Waals surface area contributed by atoms with Crippen molar-refractivity contribution in [3.05, 3.63) is 0 Å². The van der Waals surface area contributed by atoms with Crippen LogP contribution in [-0.2, 0) is 9.53 Å². The largest absolute Gasteiger partial charge is 0.481 e. The molecule has 1 aliphatic rings. The highest BCUT2D eigenvalue weighted by atomic mass is 16.6. The van der Waals surface area contributed by atoms with E-state index in [0.29, 0.717) is 12.8 Å². The number of amides is 1. The summed E-state index contributed by atoms with van der Waals surface area (Å²) in [5, 5.41) is 11.7. The molecule has 0 radical (unpaired) electrons. The number of carbonyl (C=O) groups excluding carboxylic acids is 1. The highest BCUT2D eigenvalue weighted by Crippen LogP contribution is 2.31. The van der Waals surface area contributed by atoms with Crippen molar-refractivity contribution in [1.29, 1.82) is 0 Å². The summed E-state index contributed by atoms with van der Waals surface area (Å²) in [7, 11) is 0. The molecule has 0 bridgehead atoms.